The smallest absolute Gasteiger partial charge is 0.182 e. The molecular formula is C9H9Br2ClO. The van der Waals surface area contributed by atoms with Crippen molar-refractivity contribution >= 4 is 43.5 Å². The van der Waals surface area contributed by atoms with E-state index in [1.54, 1.807) is 0 Å². The largest absolute Gasteiger partial charge is 0.493 e. The second-order valence-electron chi connectivity index (χ2n) is 2.43. The summed E-state index contributed by atoms with van der Waals surface area (Å²) in [5.41, 5.74) is 0.874. The summed E-state index contributed by atoms with van der Waals surface area (Å²) in [6.07, 6.45) is 0. The predicted octanol–water partition coefficient (Wildman–Crippen LogP) is 4.22. The Hall–Kier alpha value is 0.270. The van der Waals surface area contributed by atoms with Gasteiger partial charge in [-0.15, -0.1) is 0 Å². The van der Waals surface area contributed by atoms with Crippen molar-refractivity contribution in [3.63, 3.8) is 0 Å². The topological polar surface area (TPSA) is 9.23 Å². The fourth-order valence-electron chi connectivity index (χ4n) is 0.982. The minimum Gasteiger partial charge on any atom is -0.493 e. The van der Waals surface area contributed by atoms with E-state index in [-0.39, 0.29) is 0 Å². The first-order chi connectivity index (χ1) is 6.05. The molecule has 0 saturated heterocycles. The van der Waals surface area contributed by atoms with Crippen LogP contribution in [0.25, 0.3) is 0 Å². The Morgan fingerprint density at radius 1 is 1.38 bits per heavy atom. The Kier molecular flexibility index (Phi) is 4.07. The lowest BCUT2D eigenvalue weighted by molar-refractivity contribution is 0.337. The lowest BCUT2D eigenvalue weighted by Gasteiger charge is -2.16. The van der Waals surface area contributed by atoms with Crippen LogP contribution in [-0.2, 0) is 2.69 Å². The molecule has 0 bridgehead atoms. The zero-order valence-electron chi connectivity index (χ0n) is 7.06. The van der Waals surface area contributed by atoms with Gasteiger partial charge < -0.3 is 4.74 Å². The molecule has 0 atom stereocenters. The van der Waals surface area contributed by atoms with Gasteiger partial charge in [0.05, 0.1) is 6.61 Å². The first-order valence-electron chi connectivity index (χ1n) is 3.84. The third-order valence-electron chi connectivity index (χ3n) is 1.49. The van der Waals surface area contributed by atoms with Gasteiger partial charge in [0.15, 0.2) is 2.69 Å². The molecule has 0 aliphatic heterocycles. The van der Waals surface area contributed by atoms with Crippen LogP contribution in [0.5, 0.6) is 5.75 Å². The van der Waals surface area contributed by atoms with E-state index in [0.29, 0.717) is 6.61 Å². The van der Waals surface area contributed by atoms with Crippen molar-refractivity contribution in [3.05, 3.63) is 29.8 Å². The van der Waals surface area contributed by atoms with E-state index < -0.39 is 2.69 Å². The van der Waals surface area contributed by atoms with Crippen LogP contribution in [-0.4, -0.2) is 6.61 Å². The van der Waals surface area contributed by atoms with Crippen molar-refractivity contribution in [2.45, 2.75) is 9.62 Å². The Labute approximate surface area is 99.7 Å². The van der Waals surface area contributed by atoms with Crippen LogP contribution in [0.15, 0.2) is 24.3 Å². The molecule has 0 aromatic heterocycles. The lowest BCUT2D eigenvalue weighted by Crippen LogP contribution is -2.03. The highest BCUT2D eigenvalue weighted by atomic mass is 79.9. The van der Waals surface area contributed by atoms with E-state index in [0.717, 1.165) is 11.3 Å². The van der Waals surface area contributed by atoms with E-state index >= 15 is 0 Å². The van der Waals surface area contributed by atoms with E-state index in [4.69, 9.17) is 16.3 Å². The van der Waals surface area contributed by atoms with Crippen molar-refractivity contribution in [1.82, 2.24) is 0 Å². The maximum absolute atomic E-state index is 6.05. The maximum atomic E-state index is 6.05. The number of benzene rings is 1. The average molecular weight is 328 g/mol. The molecule has 13 heavy (non-hydrogen) atoms. The highest BCUT2D eigenvalue weighted by molar-refractivity contribution is 9.25. The predicted molar refractivity (Wildman–Crippen MR) is 63.0 cm³/mol. The third kappa shape index (κ3) is 3.15. The van der Waals surface area contributed by atoms with Gasteiger partial charge in [0, 0.05) is 5.56 Å². The number of rotatable bonds is 3. The van der Waals surface area contributed by atoms with Crippen LogP contribution < -0.4 is 4.74 Å². The normalized spacial score (nSPS) is 11.4. The second-order valence-corrected chi connectivity index (χ2v) is 7.35. The number of hydrogen-bond acceptors (Lipinski definition) is 1. The minimum absolute atomic E-state index is 0.629. The van der Waals surface area contributed by atoms with E-state index in [9.17, 15) is 0 Å². The Morgan fingerprint density at radius 2 is 2.00 bits per heavy atom. The SMILES string of the molecule is CCOc1ccccc1C(Cl)(Br)Br. The molecule has 0 fully saturated rings. The average Bonchev–Trinajstić information content (AvgIpc) is 2.04. The summed E-state index contributed by atoms with van der Waals surface area (Å²) in [4.78, 5) is 0. The van der Waals surface area contributed by atoms with Gasteiger partial charge in [-0.05, 0) is 44.8 Å². The van der Waals surface area contributed by atoms with Crippen molar-refractivity contribution in [2.24, 2.45) is 0 Å². The summed E-state index contributed by atoms with van der Waals surface area (Å²) in [7, 11) is 0. The van der Waals surface area contributed by atoms with Gasteiger partial charge in [0.25, 0.3) is 0 Å². The van der Waals surface area contributed by atoms with Crippen molar-refractivity contribution in [1.29, 1.82) is 0 Å². The van der Waals surface area contributed by atoms with Gasteiger partial charge in [-0.3, -0.25) is 0 Å². The first-order valence-corrected chi connectivity index (χ1v) is 5.81. The molecule has 0 amide bonds. The molecular weight excluding hydrogens is 319 g/mol. The summed E-state index contributed by atoms with van der Waals surface area (Å²) in [5, 5.41) is 0. The third-order valence-corrected chi connectivity index (χ3v) is 2.55. The standard InChI is InChI=1S/C9H9Br2ClO/c1-2-13-8-6-4-3-5-7(8)9(10,11)12/h3-6H,2H2,1H3. The summed E-state index contributed by atoms with van der Waals surface area (Å²) in [6.45, 7) is 2.57. The molecule has 4 heteroatoms. The molecule has 0 saturated carbocycles. The Bertz CT molecular complexity index is 283. The number of alkyl halides is 3. The van der Waals surface area contributed by atoms with Crippen molar-refractivity contribution in [3.8, 4) is 5.75 Å². The fourth-order valence-corrected chi connectivity index (χ4v) is 1.79. The van der Waals surface area contributed by atoms with E-state index in [1.807, 2.05) is 31.2 Å². The Morgan fingerprint density at radius 3 is 2.54 bits per heavy atom. The molecule has 1 rings (SSSR count). The van der Waals surface area contributed by atoms with Crippen LogP contribution in [0.3, 0.4) is 0 Å². The number of hydrogen-bond donors (Lipinski definition) is 0. The molecule has 0 aliphatic rings. The quantitative estimate of drug-likeness (QED) is 0.755. The second kappa shape index (κ2) is 4.67. The summed E-state index contributed by atoms with van der Waals surface area (Å²) in [5.74, 6) is 0.786. The number of ether oxygens (including phenoxy) is 1. The van der Waals surface area contributed by atoms with Gasteiger partial charge in [-0.1, -0.05) is 29.8 Å². The summed E-state index contributed by atoms with van der Waals surface area (Å²) in [6, 6.07) is 7.62. The van der Waals surface area contributed by atoms with Crippen LogP contribution in [0.4, 0.5) is 0 Å². The maximum Gasteiger partial charge on any atom is 0.182 e. The van der Waals surface area contributed by atoms with Gasteiger partial charge in [0.1, 0.15) is 5.75 Å². The van der Waals surface area contributed by atoms with Crippen molar-refractivity contribution in [2.75, 3.05) is 6.61 Å². The minimum atomic E-state index is -0.744. The van der Waals surface area contributed by atoms with E-state index in [2.05, 4.69) is 31.9 Å². The molecule has 0 heterocycles. The molecule has 0 aliphatic carbocycles. The van der Waals surface area contributed by atoms with Gasteiger partial charge >= 0.3 is 0 Å². The monoisotopic (exact) mass is 326 g/mol. The highest BCUT2D eigenvalue weighted by Crippen LogP contribution is 2.46. The van der Waals surface area contributed by atoms with E-state index in [1.165, 1.54) is 0 Å². The van der Waals surface area contributed by atoms with Crippen molar-refractivity contribution < 1.29 is 4.74 Å². The lowest BCUT2D eigenvalue weighted by atomic mass is 10.2. The van der Waals surface area contributed by atoms with Crippen LogP contribution in [0.1, 0.15) is 12.5 Å². The Balaban J connectivity index is 3.05. The highest BCUT2D eigenvalue weighted by Gasteiger charge is 2.25. The van der Waals surface area contributed by atoms with Gasteiger partial charge in [-0.25, -0.2) is 0 Å². The molecule has 0 spiro atoms. The fraction of sp³-hybridized carbons (Fsp3) is 0.333. The summed E-state index contributed by atoms with van der Waals surface area (Å²) >= 11 is 12.7. The first kappa shape index (κ1) is 11.3. The van der Waals surface area contributed by atoms with Crippen LogP contribution >= 0.6 is 43.5 Å². The van der Waals surface area contributed by atoms with Crippen LogP contribution in [0, 0.1) is 0 Å². The number of para-hydroxylation sites is 1. The molecule has 1 nitrogen and oxygen atoms in total. The zero-order valence-corrected chi connectivity index (χ0v) is 11.0. The molecule has 0 radical (unpaired) electrons. The molecule has 0 unspecified atom stereocenters. The zero-order chi connectivity index (χ0) is 9.90. The molecule has 0 N–H and O–H groups in total. The number of halogens is 3. The van der Waals surface area contributed by atoms with Gasteiger partial charge in [-0.2, -0.15) is 0 Å². The van der Waals surface area contributed by atoms with Crippen LogP contribution in [0.2, 0.25) is 0 Å². The van der Waals surface area contributed by atoms with Gasteiger partial charge in [0.2, 0.25) is 0 Å². The molecule has 1 aromatic rings. The molecule has 1 aromatic carbocycles. The summed E-state index contributed by atoms with van der Waals surface area (Å²) < 4.78 is 4.67. The molecule has 72 valence electrons.